The fraction of sp³-hybridized carbons (Fsp3) is 0.684. The molecule has 1 spiro atoms. The van der Waals surface area contributed by atoms with Crippen LogP contribution in [0.5, 0.6) is 5.75 Å². The Hall–Kier alpha value is -1.02. The lowest BCUT2D eigenvalue weighted by molar-refractivity contribution is -0.0558. The van der Waals surface area contributed by atoms with Gasteiger partial charge in [-0.25, -0.2) is 0 Å². The number of aliphatic hydroxyl groups is 1. The van der Waals surface area contributed by atoms with Gasteiger partial charge in [0.15, 0.2) is 0 Å². The molecule has 0 amide bonds. The lowest BCUT2D eigenvalue weighted by Gasteiger charge is -2.52. The number of aryl methyl sites for hydroxylation is 1. The molecular weight excluding hydrogens is 260 g/mol. The van der Waals surface area contributed by atoms with Gasteiger partial charge in [0, 0.05) is 0 Å². The number of aromatic hydroxyl groups is 1. The quantitative estimate of drug-likeness (QED) is 0.764. The van der Waals surface area contributed by atoms with E-state index in [0.717, 1.165) is 24.7 Å². The van der Waals surface area contributed by atoms with Crippen molar-refractivity contribution < 1.29 is 10.2 Å². The number of rotatable bonds is 0. The Bertz CT molecular complexity index is 624. The number of aliphatic hydroxyl groups excluding tert-OH is 1. The van der Waals surface area contributed by atoms with Gasteiger partial charge in [-0.3, -0.25) is 0 Å². The van der Waals surface area contributed by atoms with Gasteiger partial charge in [-0.2, -0.15) is 0 Å². The highest BCUT2D eigenvalue weighted by molar-refractivity contribution is 5.42. The van der Waals surface area contributed by atoms with Gasteiger partial charge in [-0.15, -0.1) is 0 Å². The number of fused-ring (bicyclic) bond motifs is 3. The molecule has 4 aliphatic carbocycles. The fourth-order valence-corrected chi connectivity index (χ4v) is 6.79. The minimum Gasteiger partial charge on any atom is -0.508 e. The van der Waals surface area contributed by atoms with Gasteiger partial charge < -0.3 is 10.2 Å². The predicted octanol–water partition coefficient (Wildman–Crippen LogP) is 3.61. The molecule has 2 N–H and O–H groups in total. The standard InChI is InChI=1S/C19H24O2/c1-18-7-6-15-14-4-3-13(20)8-11(14)2-5-16(15)19(18)10-12(19)9-17(18)21/h3-4,8,12,15-17,20-21H,2,5-7,9-10H2,1H3/t12-,15?,16?,17+,18-,19+/m1/s1. The highest BCUT2D eigenvalue weighted by Gasteiger charge is 2.76. The molecule has 0 radical (unpaired) electrons. The average Bonchev–Trinajstić information content (AvgIpc) is 3.12. The largest absolute Gasteiger partial charge is 0.508 e. The highest BCUT2D eigenvalue weighted by atomic mass is 16.3. The monoisotopic (exact) mass is 284 g/mol. The number of hydrogen-bond acceptors (Lipinski definition) is 2. The van der Waals surface area contributed by atoms with E-state index in [2.05, 4.69) is 13.0 Å². The minimum absolute atomic E-state index is 0.0709. The van der Waals surface area contributed by atoms with Crippen LogP contribution < -0.4 is 0 Å². The van der Waals surface area contributed by atoms with Crippen LogP contribution in [-0.2, 0) is 6.42 Å². The van der Waals surface area contributed by atoms with E-state index in [1.165, 1.54) is 36.8 Å². The average molecular weight is 284 g/mol. The first-order chi connectivity index (χ1) is 10.1. The summed E-state index contributed by atoms with van der Waals surface area (Å²) in [7, 11) is 0. The van der Waals surface area contributed by atoms with E-state index in [9.17, 15) is 10.2 Å². The SMILES string of the molecule is C[C@]12CCC3c4ccc(O)cc4CCC3[C@@]13C[C@H]3C[C@@H]2O. The van der Waals surface area contributed by atoms with Crippen molar-refractivity contribution in [2.75, 3.05) is 0 Å². The molecule has 21 heavy (non-hydrogen) atoms. The molecule has 0 aliphatic heterocycles. The van der Waals surface area contributed by atoms with Crippen molar-refractivity contribution in [1.82, 2.24) is 0 Å². The van der Waals surface area contributed by atoms with Crippen LogP contribution in [0.4, 0.5) is 0 Å². The first-order valence-corrected chi connectivity index (χ1v) is 8.56. The maximum atomic E-state index is 10.6. The summed E-state index contributed by atoms with van der Waals surface area (Å²) >= 11 is 0. The third-order valence-electron chi connectivity index (χ3n) is 7.83. The molecule has 112 valence electrons. The second-order valence-electron chi connectivity index (χ2n) is 8.28. The van der Waals surface area contributed by atoms with E-state index >= 15 is 0 Å². The van der Waals surface area contributed by atoms with Crippen molar-refractivity contribution in [2.24, 2.45) is 22.7 Å². The van der Waals surface area contributed by atoms with Crippen LogP contribution in [0.25, 0.3) is 0 Å². The maximum absolute atomic E-state index is 10.6. The molecule has 0 saturated heterocycles. The van der Waals surface area contributed by atoms with Crippen LogP contribution in [-0.4, -0.2) is 16.3 Å². The van der Waals surface area contributed by atoms with E-state index in [0.29, 0.717) is 17.1 Å². The lowest BCUT2D eigenvalue weighted by atomic mass is 9.52. The van der Waals surface area contributed by atoms with Gasteiger partial charge in [-0.1, -0.05) is 13.0 Å². The summed E-state index contributed by atoms with van der Waals surface area (Å²) in [5, 5.41) is 20.3. The zero-order valence-electron chi connectivity index (χ0n) is 12.7. The molecule has 2 heteroatoms. The zero-order valence-corrected chi connectivity index (χ0v) is 12.7. The van der Waals surface area contributed by atoms with Crippen molar-refractivity contribution >= 4 is 0 Å². The second-order valence-corrected chi connectivity index (χ2v) is 8.28. The van der Waals surface area contributed by atoms with Gasteiger partial charge in [0.25, 0.3) is 0 Å². The summed E-state index contributed by atoms with van der Waals surface area (Å²) in [5.41, 5.74) is 3.47. The van der Waals surface area contributed by atoms with Gasteiger partial charge in [-0.05, 0) is 90.4 Å². The van der Waals surface area contributed by atoms with Crippen molar-refractivity contribution in [1.29, 1.82) is 0 Å². The van der Waals surface area contributed by atoms with E-state index in [1.54, 1.807) is 0 Å². The summed E-state index contributed by atoms with van der Waals surface area (Å²) in [6, 6.07) is 6.01. The van der Waals surface area contributed by atoms with Crippen molar-refractivity contribution in [3.8, 4) is 5.75 Å². The van der Waals surface area contributed by atoms with Crippen LogP contribution in [0.15, 0.2) is 18.2 Å². The molecular formula is C19H24O2. The Balaban J connectivity index is 1.60. The summed E-state index contributed by atoms with van der Waals surface area (Å²) in [6.07, 6.45) is 7.07. The molecule has 2 nitrogen and oxygen atoms in total. The Morgan fingerprint density at radius 1 is 1.24 bits per heavy atom. The van der Waals surface area contributed by atoms with Crippen LogP contribution in [0.2, 0.25) is 0 Å². The molecule has 0 heterocycles. The lowest BCUT2D eigenvalue weighted by Crippen LogP contribution is -2.47. The highest BCUT2D eigenvalue weighted by Crippen LogP contribution is 2.81. The third-order valence-corrected chi connectivity index (χ3v) is 7.83. The van der Waals surface area contributed by atoms with Crippen LogP contribution in [0, 0.1) is 22.7 Å². The van der Waals surface area contributed by atoms with Crippen LogP contribution >= 0.6 is 0 Å². The minimum atomic E-state index is -0.0709. The van der Waals surface area contributed by atoms with Crippen molar-refractivity contribution in [2.45, 2.75) is 57.5 Å². The zero-order chi connectivity index (χ0) is 14.4. The van der Waals surface area contributed by atoms with Crippen LogP contribution in [0.1, 0.15) is 56.1 Å². The van der Waals surface area contributed by atoms with Gasteiger partial charge in [0.2, 0.25) is 0 Å². The number of benzene rings is 1. The van der Waals surface area contributed by atoms with Crippen LogP contribution in [0.3, 0.4) is 0 Å². The molecule has 0 bridgehead atoms. The predicted molar refractivity (Wildman–Crippen MR) is 81.2 cm³/mol. The first kappa shape index (κ1) is 12.5. The Kier molecular flexibility index (Phi) is 2.18. The molecule has 4 aliphatic rings. The number of hydrogen-bond donors (Lipinski definition) is 2. The summed E-state index contributed by atoms with van der Waals surface area (Å²) < 4.78 is 0. The Morgan fingerprint density at radius 3 is 2.95 bits per heavy atom. The number of phenolic OH excluding ortho intramolecular Hbond substituents is 1. The van der Waals surface area contributed by atoms with E-state index in [1.807, 2.05) is 12.1 Å². The number of phenols is 1. The third kappa shape index (κ3) is 1.30. The smallest absolute Gasteiger partial charge is 0.115 e. The molecule has 0 aromatic heterocycles. The van der Waals surface area contributed by atoms with Gasteiger partial charge >= 0.3 is 0 Å². The van der Waals surface area contributed by atoms with Crippen molar-refractivity contribution in [3.05, 3.63) is 29.3 Å². The molecule has 2 unspecified atom stereocenters. The molecule has 1 aromatic carbocycles. The Morgan fingerprint density at radius 2 is 2.10 bits per heavy atom. The van der Waals surface area contributed by atoms with Crippen molar-refractivity contribution in [3.63, 3.8) is 0 Å². The van der Waals surface area contributed by atoms with E-state index in [-0.39, 0.29) is 11.5 Å². The second kappa shape index (κ2) is 3.65. The van der Waals surface area contributed by atoms with E-state index in [4.69, 9.17) is 0 Å². The first-order valence-electron chi connectivity index (χ1n) is 8.56. The molecule has 3 fully saturated rings. The maximum Gasteiger partial charge on any atom is 0.115 e. The molecule has 5 rings (SSSR count). The summed E-state index contributed by atoms with van der Waals surface area (Å²) in [6.45, 7) is 2.37. The molecule has 6 atom stereocenters. The normalized spacial score (nSPS) is 49.8. The molecule has 3 saturated carbocycles. The fourth-order valence-electron chi connectivity index (χ4n) is 6.79. The summed E-state index contributed by atoms with van der Waals surface area (Å²) in [4.78, 5) is 0. The topological polar surface area (TPSA) is 40.5 Å². The van der Waals surface area contributed by atoms with E-state index < -0.39 is 0 Å². The Labute approximate surface area is 126 Å². The summed E-state index contributed by atoms with van der Waals surface area (Å²) in [5.74, 6) is 2.61. The molecule has 1 aromatic rings. The van der Waals surface area contributed by atoms with Gasteiger partial charge in [0.05, 0.1) is 6.10 Å². The van der Waals surface area contributed by atoms with Gasteiger partial charge in [0.1, 0.15) is 5.75 Å².